The van der Waals surface area contributed by atoms with Crippen molar-refractivity contribution in [3.05, 3.63) is 0 Å². The fraction of sp³-hybridized carbons (Fsp3) is 1.00. The molecule has 0 fully saturated rings. The van der Waals surface area contributed by atoms with E-state index in [0.717, 1.165) is 12.5 Å². The smallest absolute Gasteiger partial charge is 0.287 e. The lowest BCUT2D eigenvalue weighted by Gasteiger charge is -2.19. The molecule has 0 spiro atoms. The van der Waals surface area contributed by atoms with Crippen molar-refractivity contribution in [2.75, 3.05) is 19.3 Å². The summed E-state index contributed by atoms with van der Waals surface area (Å²) in [6.45, 7) is 9.33. The molecule has 0 rings (SSSR count). The third kappa shape index (κ3) is 8.73. The van der Waals surface area contributed by atoms with Crippen LogP contribution in [0.5, 0.6) is 0 Å². The van der Waals surface area contributed by atoms with Crippen molar-refractivity contribution in [2.45, 2.75) is 39.0 Å². The minimum absolute atomic E-state index is 0.187. The van der Waals surface area contributed by atoms with Crippen molar-refractivity contribution in [3.63, 3.8) is 0 Å². The number of phosphoric acid groups is 1. The maximum Gasteiger partial charge on any atom is 0.475 e. The van der Waals surface area contributed by atoms with E-state index in [1.807, 2.05) is 6.92 Å². The van der Waals surface area contributed by atoms with E-state index in [0.29, 0.717) is 13.2 Å². The largest absolute Gasteiger partial charge is 0.475 e. The van der Waals surface area contributed by atoms with Gasteiger partial charge in [0, 0.05) is 8.07 Å². The second-order valence-electron chi connectivity index (χ2n) is 4.66. The molecule has 0 aromatic heterocycles. The number of hydrogen-bond acceptors (Lipinski definition) is 4. The SMILES string of the molecule is CCCOP(=O)(OCCl)OCC[Si](C)(C)C. The lowest BCUT2D eigenvalue weighted by Crippen LogP contribution is -2.21. The first-order valence-corrected chi connectivity index (χ1v) is 11.1. The summed E-state index contributed by atoms with van der Waals surface area (Å²) in [5, 5.41) is 0. The normalized spacial score (nSPS) is 16.1. The van der Waals surface area contributed by atoms with E-state index in [1.54, 1.807) is 0 Å². The fourth-order valence-corrected chi connectivity index (χ4v) is 3.15. The van der Waals surface area contributed by atoms with Gasteiger partial charge in [0.2, 0.25) is 0 Å². The Kier molecular flexibility index (Phi) is 8.15. The summed E-state index contributed by atoms with van der Waals surface area (Å²) in [5.41, 5.74) is 0. The Labute approximate surface area is 104 Å². The monoisotopic (exact) mass is 288 g/mol. The lowest BCUT2D eigenvalue weighted by molar-refractivity contribution is 0.131. The molecule has 0 bridgehead atoms. The van der Waals surface area contributed by atoms with E-state index in [-0.39, 0.29) is 6.07 Å². The van der Waals surface area contributed by atoms with Gasteiger partial charge in [0.1, 0.15) is 6.07 Å². The van der Waals surface area contributed by atoms with Gasteiger partial charge >= 0.3 is 7.82 Å². The standard InChI is InChI=1S/C9H22ClO4PSi/c1-5-6-12-15(11,14-9-10)13-7-8-16(2,3)4/h5-9H2,1-4H3. The molecule has 0 aromatic rings. The molecule has 4 nitrogen and oxygen atoms in total. The summed E-state index contributed by atoms with van der Waals surface area (Å²) < 4.78 is 27.0. The zero-order valence-electron chi connectivity index (χ0n) is 10.5. The highest BCUT2D eigenvalue weighted by Crippen LogP contribution is 2.49. The Balaban J connectivity index is 4.07. The first kappa shape index (κ1) is 16.6. The Morgan fingerprint density at radius 2 is 1.69 bits per heavy atom. The van der Waals surface area contributed by atoms with Crippen molar-refractivity contribution in [2.24, 2.45) is 0 Å². The van der Waals surface area contributed by atoms with Crippen molar-refractivity contribution >= 4 is 27.5 Å². The highest BCUT2D eigenvalue weighted by Gasteiger charge is 2.27. The zero-order valence-corrected chi connectivity index (χ0v) is 13.1. The van der Waals surface area contributed by atoms with Crippen LogP contribution in [-0.2, 0) is 18.1 Å². The van der Waals surface area contributed by atoms with Gasteiger partial charge in [0.15, 0.2) is 0 Å². The fourth-order valence-electron chi connectivity index (χ4n) is 0.838. The third-order valence-corrected chi connectivity index (χ3v) is 5.17. The molecule has 0 amide bonds. The van der Waals surface area contributed by atoms with Crippen LogP contribution in [0, 0.1) is 0 Å². The van der Waals surface area contributed by atoms with Gasteiger partial charge < -0.3 is 0 Å². The molecule has 0 aliphatic carbocycles. The van der Waals surface area contributed by atoms with Crippen LogP contribution >= 0.6 is 19.4 Å². The van der Waals surface area contributed by atoms with Crippen molar-refractivity contribution < 1.29 is 18.1 Å². The van der Waals surface area contributed by atoms with E-state index in [4.69, 9.17) is 25.2 Å². The lowest BCUT2D eigenvalue weighted by atomic mass is 10.5. The van der Waals surface area contributed by atoms with Crippen LogP contribution < -0.4 is 0 Å². The number of hydrogen-bond donors (Lipinski definition) is 0. The summed E-state index contributed by atoms with van der Waals surface area (Å²) >= 11 is 5.39. The van der Waals surface area contributed by atoms with Crippen molar-refractivity contribution in [3.8, 4) is 0 Å². The predicted octanol–water partition coefficient (Wildman–Crippen LogP) is 4.09. The van der Waals surface area contributed by atoms with E-state index in [9.17, 15) is 4.57 Å². The van der Waals surface area contributed by atoms with Crippen molar-refractivity contribution in [1.29, 1.82) is 0 Å². The summed E-state index contributed by atoms with van der Waals surface area (Å²) in [4.78, 5) is 0. The van der Waals surface area contributed by atoms with Gasteiger partial charge in [-0.25, -0.2) is 4.57 Å². The van der Waals surface area contributed by atoms with Gasteiger partial charge in [-0.3, -0.25) is 13.6 Å². The molecular weight excluding hydrogens is 267 g/mol. The summed E-state index contributed by atoms with van der Waals surface area (Å²) in [7, 11) is -4.63. The van der Waals surface area contributed by atoms with E-state index < -0.39 is 15.9 Å². The first-order valence-electron chi connectivity index (χ1n) is 5.42. The van der Waals surface area contributed by atoms with Crippen LogP contribution in [0.25, 0.3) is 0 Å². The number of rotatable bonds is 9. The molecule has 16 heavy (non-hydrogen) atoms. The van der Waals surface area contributed by atoms with Crippen LogP contribution in [0.2, 0.25) is 25.7 Å². The summed E-state index contributed by atoms with van der Waals surface area (Å²) in [6, 6.07) is 0.728. The molecule has 0 radical (unpaired) electrons. The van der Waals surface area contributed by atoms with Gasteiger partial charge in [0.25, 0.3) is 0 Å². The molecular formula is C9H22ClO4PSi. The van der Waals surface area contributed by atoms with E-state index >= 15 is 0 Å². The second kappa shape index (κ2) is 7.85. The van der Waals surface area contributed by atoms with Gasteiger partial charge in [-0.15, -0.1) is 0 Å². The summed E-state index contributed by atoms with van der Waals surface area (Å²) in [6.07, 6.45) is 0.757. The van der Waals surface area contributed by atoms with Crippen LogP contribution in [0.1, 0.15) is 13.3 Å². The highest BCUT2D eigenvalue weighted by molar-refractivity contribution is 7.48. The Morgan fingerprint density at radius 1 is 1.12 bits per heavy atom. The molecule has 0 aliphatic rings. The molecule has 0 saturated heterocycles. The minimum atomic E-state index is -3.43. The molecule has 7 heteroatoms. The zero-order chi connectivity index (χ0) is 12.7. The minimum Gasteiger partial charge on any atom is -0.287 e. The maximum absolute atomic E-state index is 11.9. The maximum atomic E-state index is 11.9. The molecule has 0 saturated carbocycles. The number of alkyl halides is 1. The van der Waals surface area contributed by atoms with Gasteiger partial charge in [0.05, 0.1) is 13.2 Å². The third-order valence-electron chi connectivity index (χ3n) is 1.76. The van der Waals surface area contributed by atoms with E-state index in [2.05, 4.69) is 19.6 Å². The van der Waals surface area contributed by atoms with Gasteiger partial charge in [-0.05, 0) is 12.5 Å². The Bertz CT molecular complexity index is 232. The molecule has 0 heterocycles. The second-order valence-corrected chi connectivity index (χ2v) is 12.2. The molecule has 0 N–H and O–H groups in total. The average molecular weight is 289 g/mol. The quantitative estimate of drug-likeness (QED) is 0.364. The summed E-state index contributed by atoms with van der Waals surface area (Å²) in [5.74, 6) is 0. The predicted molar refractivity (Wildman–Crippen MR) is 69.8 cm³/mol. The molecule has 98 valence electrons. The van der Waals surface area contributed by atoms with Crippen LogP contribution in [0.15, 0.2) is 0 Å². The molecule has 0 aromatic carbocycles. The van der Waals surface area contributed by atoms with Crippen LogP contribution in [-0.4, -0.2) is 27.4 Å². The average Bonchev–Trinajstić information content (AvgIpc) is 2.13. The van der Waals surface area contributed by atoms with Crippen LogP contribution in [0.4, 0.5) is 0 Å². The van der Waals surface area contributed by atoms with Crippen LogP contribution in [0.3, 0.4) is 0 Å². The molecule has 0 aliphatic heterocycles. The topological polar surface area (TPSA) is 44.8 Å². The van der Waals surface area contributed by atoms with Gasteiger partial charge in [-0.1, -0.05) is 38.2 Å². The van der Waals surface area contributed by atoms with Gasteiger partial charge in [-0.2, -0.15) is 0 Å². The number of phosphoric ester groups is 1. The van der Waals surface area contributed by atoms with E-state index in [1.165, 1.54) is 0 Å². The number of halogens is 1. The first-order chi connectivity index (χ1) is 7.33. The Morgan fingerprint density at radius 3 is 2.12 bits per heavy atom. The highest BCUT2D eigenvalue weighted by atomic mass is 35.5. The van der Waals surface area contributed by atoms with Crippen molar-refractivity contribution in [1.82, 2.24) is 0 Å². The molecule has 1 atom stereocenters. The molecule has 1 unspecified atom stereocenters. The Hall–Kier alpha value is 0.617.